The largest absolute Gasteiger partial charge is 0.460 e. The Morgan fingerprint density at radius 3 is 1.75 bits per heavy atom. The number of anilines is 2. The maximum atomic E-state index is 12.8. The number of imidazole rings is 1. The second-order valence-electron chi connectivity index (χ2n) is 27.3. The van der Waals surface area contributed by atoms with Crippen LogP contribution in [0.1, 0.15) is 181 Å². The van der Waals surface area contributed by atoms with E-state index in [4.69, 9.17) is 46.6 Å². The number of allylic oxidation sites excluding steroid dienone is 3. The Morgan fingerprint density at radius 1 is 0.650 bits per heavy atom. The fourth-order valence-electron chi connectivity index (χ4n) is 12.0. The minimum Gasteiger partial charge on any atom is -0.460 e. The summed E-state index contributed by atoms with van der Waals surface area (Å²) < 4.78 is 91.0. The van der Waals surface area contributed by atoms with Crippen LogP contribution in [-0.4, -0.2) is 147 Å². The van der Waals surface area contributed by atoms with E-state index in [9.17, 15) is 31.0 Å². The number of rotatable bonds is 45. The lowest BCUT2D eigenvalue weighted by molar-refractivity contribution is -0.120. The first kappa shape index (κ1) is 83.0. The van der Waals surface area contributed by atoms with Crippen molar-refractivity contribution >= 4 is 72.2 Å². The second kappa shape index (κ2) is 42.6. The normalized spacial score (nSPS) is 13.5. The van der Waals surface area contributed by atoms with Crippen LogP contribution in [0, 0.1) is 0 Å². The van der Waals surface area contributed by atoms with E-state index in [0.29, 0.717) is 96.4 Å². The molecule has 1 aromatic heterocycles. The molecule has 2 aliphatic heterocycles. The molecule has 0 spiro atoms. The summed E-state index contributed by atoms with van der Waals surface area (Å²) in [5, 5.41) is 1.13. The van der Waals surface area contributed by atoms with Gasteiger partial charge in [-0.05, 0) is 161 Å². The molecule has 0 atom stereocenters. The number of aromatic nitrogens is 2. The fraction of sp³-hybridized carbons (Fsp3) is 0.544. The van der Waals surface area contributed by atoms with Crippen LogP contribution in [0.25, 0.3) is 40.0 Å². The summed E-state index contributed by atoms with van der Waals surface area (Å²) in [6.45, 7) is 22.2. The van der Waals surface area contributed by atoms with Crippen LogP contribution >= 0.6 is 23.2 Å². The number of ether oxygens (including phenoxy) is 4. The molecule has 7 rings (SSSR count). The third kappa shape index (κ3) is 27.0. The Morgan fingerprint density at radius 2 is 1.19 bits per heavy atom. The number of Topliss-reactive ketones (excluding diaryl/α,β-unsaturated/α-hetero) is 2. The number of ketones is 2. The first-order chi connectivity index (χ1) is 47.9. The predicted molar refractivity (Wildman–Crippen MR) is 408 cm³/mol. The molecule has 0 radical (unpaired) electrons. The molecule has 2 N–H and O–H groups in total. The van der Waals surface area contributed by atoms with Crippen molar-refractivity contribution in [3.63, 3.8) is 0 Å². The highest BCUT2D eigenvalue weighted by Crippen LogP contribution is 2.49. The highest BCUT2D eigenvalue weighted by atomic mass is 35.5. The van der Waals surface area contributed by atoms with Crippen molar-refractivity contribution in [3.05, 3.63) is 137 Å². The molecule has 0 bridgehead atoms. The number of benzene rings is 4. The second-order valence-corrected chi connectivity index (χ2v) is 31.6. The van der Waals surface area contributed by atoms with E-state index in [0.717, 1.165) is 170 Å². The lowest BCUT2D eigenvalue weighted by Crippen LogP contribution is -2.29. The molecule has 0 saturated carbocycles. The number of hydrogen-bond acceptors (Lipinski definition) is 14. The van der Waals surface area contributed by atoms with Gasteiger partial charge in [-0.15, -0.1) is 23.2 Å². The average Bonchev–Trinajstić information content (AvgIpc) is 1.58. The SMILES string of the molecule is CC[N+](CC)=c1ccc2c(/C=C/C=C3/N(CCCCCC(=O)CCCOCCOCCCCCCCl)c4ccc(S(=O)(=O)O)cc4C3(C)C)cc(C(C)(C)C)oc-2c1.CN(C)c1ccc(-c2cnc(-c3ccc(S(=O)(=O)CCCC(=O)CCCOCCOCCCCCCCl)cc3)[nH]2)cc1. The highest BCUT2D eigenvalue weighted by Gasteiger charge is 2.40. The van der Waals surface area contributed by atoms with Crippen molar-refractivity contribution in [2.75, 3.05) is 114 Å². The number of alkyl halides is 2. The molecule has 0 unspecified atom stereocenters. The number of sulfone groups is 1. The van der Waals surface area contributed by atoms with E-state index in [1.807, 2.05) is 43.3 Å². The molecule has 0 amide bonds. The minimum atomic E-state index is -4.38. The quantitative estimate of drug-likeness (QED) is 0.0158. The van der Waals surface area contributed by atoms with Crippen molar-refractivity contribution in [2.24, 2.45) is 0 Å². The van der Waals surface area contributed by atoms with E-state index < -0.39 is 25.4 Å². The van der Waals surface area contributed by atoms with Crippen LogP contribution < -0.4 is 19.7 Å². The van der Waals surface area contributed by atoms with Crippen molar-refractivity contribution in [3.8, 4) is 34.0 Å². The van der Waals surface area contributed by atoms with Gasteiger partial charge in [0, 0.05) is 130 Å². The zero-order valence-electron chi connectivity index (χ0n) is 60.9. The first-order valence-corrected chi connectivity index (χ1v) is 40.1. The summed E-state index contributed by atoms with van der Waals surface area (Å²) in [6.07, 6.45) is 22.7. The van der Waals surface area contributed by atoms with Crippen LogP contribution in [0.15, 0.2) is 129 Å². The predicted octanol–water partition coefficient (Wildman–Crippen LogP) is 16.7. The summed E-state index contributed by atoms with van der Waals surface area (Å²) in [4.78, 5) is 37.1. The summed E-state index contributed by atoms with van der Waals surface area (Å²) in [5.74, 6) is 4.09. The zero-order chi connectivity index (χ0) is 72.6. The number of nitrogens with one attached hydrogen (secondary N) is 1. The summed E-state index contributed by atoms with van der Waals surface area (Å²) in [6, 6.07) is 28.3. The monoisotopic (exact) mass is 1460 g/mol. The van der Waals surface area contributed by atoms with Gasteiger partial charge in [-0.3, -0.25) is 14.1 Å². The smallest absolute Gasteiger partial charge is 0.294 e. The molecule has 21 heteroatoms. The van der Waals surface area contributed by atoms with Crippen LogP contribution in [0.3, 0.4) is 0 Å². The number of halogens is 2. The number of carbonyl (C=O) groups excluding carboxylic acids is 2. The Labute approximate surface area is 607 Å². The molecular formula is C79H112Cl2N5O12S2+. The third-order valence-corrected chi connectivity index (χ3v) is 21.1. The van der Waals surface area contributed by atoms with Gasteiger partial charge in [-0.25, -0.2) is 18.0 Å². The molecule has 100 heavy (non-hydrogen) atoms. The van der Waals surface area contributed by atoms with Crippen molar-refractivity contribution in [2.45, 2.75) is 185 Å². The van der Waals surface area contributed by atoms with Gasteiger partial charge in [0.1, 0.15) is 42.0 Å². The number of unbranched alkanes of at least 4 members (excludes halogenated alkanes) is 8. The summed E-state index contributed by atoms with van der Waals surface area (Å²) in [5.41, 5.74) is 7.93. The number of aromatic amines is 1. The number of fused-ring (bicyclic) bond motifs is 2. The topological polar surface area (TPSA) is 211 Å². The van der Waals surface area contributed by atoms with Gasteiger partial charge in [0.2, 0.25) is 5.36 Å². The van der Waals surface area contributed by atoms with Crippen LogP contribution in [0.2, 0.25) is 0 Å². The van der Waals surface area contributed by atoms with Gasteiger partial charge in [0.25, 0.3) is 10.1 Å². The lowest BCUT2D eigenvalue weighted by Gasteiger charge is -2.27. The molecule has 3 heterocycles. The van der Waals surface area contributed by atoms with Crippen molar-refractivity contribution in [1.29, 1.82) is 0 Å². The van der Waals surface area contributed by atoms with E-state index >= 15 is 0 Å². The number of nitrogens with zero attached hydrogens (tertiary/aromatic N) is 4. The average molecular weight is 1460 g/mol. The van der Waals surface area contributed by atoms with E-state index in [-0.39, 0.29) is 38.9 Å². The maximum Gasteiger partial charge on any atom is 0.294 e. The molecule has 17 nitrogen and oxygen atoms in total. The van der Waals surface area contributed by atoms with E-state index in [1.54, 1.807) is 42.6 Å². The first-order valence-electron chi connectivity index (χ1n) is 36.0. The lowest BCUT2D eigenvalue weighted by atomic mass is 9.83. The van der Waals surface area contributed by atoms with E-state index in [1.165, 1.54) is 6.07 Å². The molecule has 3 aliphatic rings. The molecule has 4 aromatic rings. The standard InChI is InChI=1S/C47H67ClN2O7S.C32H44ClN3O5S/c1-8-49(9-2)37-23-25-40-36(33-45(46(3,4)5)57-43(40)34-37)19-17-22-44-47(6,7)41-35-39(58(52,53)54)24-26-42(41)50(44)28-15-12-13-20-38(51)21-18-30-56-32-31-55-29-16-11-10-14-27-48;1-36(2)28-15-11-26(12-16-28)31-25-34-32(35-31)27-13-17-30(18-14-27)42(38,39)24-8-10-29(37)9-7-21-41-23-22-40-20-6-4-3-5-19-33/h17,19,22-26,33-35H,8-16,18,20-21,27-32H2,1-7H3;11-18,25H,3-10,19-24H2,1-2H3,(H,34,35)/p+1. The Bertz CT molecular complexity index is 3800. The Hall–Kier alpha value is -6.00. The van der Waals surface area contributed by atoms with Crippen molar-refractivity contribution in [1.82, 2.24) is 14.5 Å². The van der Waals surface area contributed by atoms with Crippen LogP contribution in [-0.2, 0) is 59.3 Å². The third-order valence-electron chi connectivity index (χ3n) is 17.9. The van der Waals surface area contributed by atoms with Gasteiger partial charge in [-0.1, -0.05) is 91.0 Å². The number of H-pyrrole nitrogens is 1. The Balaban J connectivity index is 0.000000332. The molecular weight excluding hydrogens is 1350 g/mol. The molecule has 550 valence electrons. The van der Waals surface area contributed by atoms with Crippen LogP contribution in [0.4, 0.5) is 11.4 Å². The zero-order valence-corrected chi connectivity index (χ0v) is 64.0. The molecule has 0 fully saturated rings. The van der Waals surface area contributed by atoms with Gasteiger partial charge in [0.15, 0.2) is 9.84 Å². The highest BCUT2D eigenvalue weighted by molar-refractivity contribution is 7.91. The van der Waals surface area contributed by atoms with Gasteiger partial charge >= 0.3 is 0 Å². The van der Waals surface area contributed by atoms with Gasteiger partial charge < -0.3 is 38.1 Å². The number of hydrogen-bond donors (Lipinski definition) is 2. The van der Waals surface area contributed by atoms with Crippen molar-refractivity contribution < 1.29 is 54.3 Å². The minimum absolute atomic E-state index is 0.0577. The van der Waals surface area contributed by atoms with Gasteiger partial charge in [-0.2, -0.15) is 8.42 Å². The van der Waals surface area contributed by atoms with Gasteiger partial charge in [0.05, 0.1) is 59.9 Å². The number of carbonyl (C=O) groups is 2. The maximum absolute atomic E-state index is 12.8. The summed E-state index contributed by atoms with van der Waals surface area (Å²) in [7, 11) is -3.86. The Kier molecular flexibility index (Phi) is 35.3. The molecule has 1 aliphatic carbocycles. The fourth-order valence-corrected chi connectivity index (χ4v) is 14.1. The summed E-state index contributed by atoms with van der Waals surface area (Å²) >= 11 is 11.4. The van der Waals surface area contributed by atoms with E-state index in [2.05, 4.69) is 110 Å². The molecule has 3 aromatic carbocycles. The molecule has 0 saturated heterocycles. The van der Waals surface area contributed by atoms with Crippen LogP contribution in [0.5, 0.6) is 0 Å².